The Bertz CT molecular complexity index is 957. The van der Waals surface area contributed by atoms with E-state index in [-0.39, 0.29) is 6.01 Å². The fraction of sp³-hybridized carbons (Fsp3) is 0.263. The molecule has 0 saturated carbocycles. The van der Waals surface area contributed by atoms with Gasteiger partial charge in [0.1, 0.15) is 5.76 Å². The lowest BCUT2D eigenvalue weighted by Gasteiger charge is -2.11. The molecule has 3 heterocycles. The Hall–Kier alpha value is -3.62. The molecule has 0 saturated heterocycles. The first-order valence-electron chi connectivity index (χ1n) is 9.12. The Morgan fingerprint density at radius 1 is 1.18 bits per heavy atom. The summed E-state index contributed by atoms with van der Waals surface area (Å²) in [5, 5.41) is 10.6. The van der Waals surface area contributed by atoms with E-state index in [9.17, 15) is 0 Å². The van der Waals surface area contributed by atoms with Gasteiger partial charge in [0.15, 0.2) is 0 Å². The van der Waals surface area contributed by atoms with Crippen LogP contribution in [0.4, 0.5) is 17.6 Å². The Balaban J connectivity index is 1.53. The summed E-state index contributed by atoms with van der Waals surface area (Å²) >= 11 is 0. The summed E-state index contributed by atoms with van der Waals surface area (Å²) in [6, 6.07) is 9.93. The van der Waals surface area contributed by atoms with Crippen molar-refractivity contribution in [2.24, 2.45) is 0 Å². The first-order valence-corrected chi connectivity index (χ1v) is 9.12. The van der Waals surface area contributed by atoms with Crippen LogP contribution >= 0.6 is 0 Å². The number of ether oxygens (including phenoxy) is 2. The summed E-state index contributed by atoms with van der Waals surface area (Å²) in [6.45, 7) is 3.59. The lowest BCUT2D eigenvalue weighted by atomic mass is 10.3. The lowest BCUT2D eigenvalue weighted by Crippen LogP contribution is -2.12. The first kappa shape index (κ1) is 17.8. The highest BCUT2D eigenvalue weighted by Gasteiger charge is 2.11. The van der Waals surface area contributed by atoms with Gasteiger partial charge in [0.05, 0.1) is 25.4 Å². The van der Waals surface area contributed by atoms with Gasteiger partial charge in [-0.25, -0.2) is 4.68 Å². The molecular weight excluding hydrogens is 358 g/mol. The lowest BCUT2D eigenvalue weighted by molar-refractivity contribution is 0.243. The Morgan fingerprint density at radius 2 is 2.11 bits per heavy atom. The van der Waals surface area contributed by atoms with E-state index in [0.717, 1.165) is 30.2 Å². The molecule has 2 N–H and O–H groups in total. The number of benzene rings is 1. The Morgan fingerprint density at radius 3 is 2.89 bits per heavy atom. The number of anilines is 3. The van der Waals surface area contributed by atoms with Crippen molar-refractivity contribution in [3.8, 4) is 11.7 Å². The van der Waals surface area contributed by atoms with Gasteiger partial charge in [-0.05, 0) is 37.3 Å². The molecular formula is C19H21N7O2. The van der Waals surface area contributed by atoms with Crippen molar-refractivity contribution in [2.75, 3.05) is 30.4 Å². The molecule has 9 heteroatoms. The Kier molecular flexibility index (Phi) is 5.32. The number of nitrogens with zero attached hydrogens (tertiary/aromatic N) is 5. The van der Waals surface area contributed by atoms with E-state index >= 15 is 0 Å². The molecule has 4 rings (SSSR count). The van der Waals surface area contributed by atoms with Gasteiger partial charge in [0, 0.05) is 24.5 Å². The molecule has 144 valence electrons. The SMILES string of the molecule is CCOc1nc(NCC2=CCCO2)nc(Nc2cccc(-n3cccn3)c2)n1. The normalized spacial score (nSPS) is 13.0. The van der Waals surface area contributed by atoms with Gasteiger partial charge in [0.2, 0.25) is 11.9 Å². The predicted molar refractivity (Wildman–Crippen MR) is 105 cm³/mol. The average Bonchev–Trinajstić information content (AvgIpc) is 3.41. The van der Waals surface area contributed by atoms with Crippen LogP contribution in [-0.4, -0.2) is 44.5 Å². The van der Waals surface area contributed by atoms with Gasteiger partial charge < -0.3 is 20.1 Å². The standard InChI is InChI=1S/C19H21N7O2/c1-2-27-19-24-17(20-13-16-8-4-11-28-16)23-18(25-19)22-14-6-3-7-15(12-14)26-10-5-9-21-26/h3,5-10,12H,2,4,11,13H2,1H3,(H2,20,22,23,24,25). The molecule has 0 spiro atoms. The van der Waals surface area contributed by atoms with Crippen LogP contribution < -0.4 is 15.4 Å². The van der Waals surface area contributed by atoms with Gasteiger partial charge in [-0.3, -0.25) is 0 Å². The van der Waals surface area contributed by atoms with Crippen molar-refractivity contribution >= 4 is 17.6 Å². The molecule has 0 aliphatic carbocycles. The van der Waals surface area contributed by atoms with Gasteiger partial charge in [0.25, 0.3) is 0 Å². The van der Waals surface area contributed by atoms with Gasteiger partial charge >= 0.3 is 6.01 Å². The van der Waals surface area contributed by atoms with Crippen LogP contribution in [0.3, 0.4) is 0 Å². The molecule has 3 aromatic rings. The van der Waals surface area contributed by atoms with Crippen LogP contribution in [0.5, 0.6) is 6.01 Å². The topological polar surface area (TPSA) is 99.0 Å². The highest BCUT2D eigenvalue weighted by molar-refractivity contribution is 5.58. The van der Waals surface area contributed by atoms with E-state index in [1.165, 1.54) is 0 Å². The minimum absolute atomic E-state index is 0.257. The van der Waals surface area contributed by atoms with Crippen LogP contribution in [0, 0.1) is 0 Å². The number of hydrogen-bond acceptors (Lipinski definition) is 8. The van der Waals surface area contributed by atoms with Crippen LogP contribution in [0.1, 0.15) is 13.3 Å². The van der Waals surface area contributed by atoms with Crippen molar-refractivity contribution in [2.45, 2.75) is 13.3 Å². The third-order valence-electron chi connectivity index (χ3n) is 3.96. The third-order valence-corrected chi connectivity index (χ3v) is 3.96. The molecule has 9 nitrogen and oxygen atoms in total. The largest absolute Gasteiger partial charge is 0.496 e. The second-order valence-corrected chi connectivity index (χ2v) is 5.99. The molecule has 1 aliphatic rings. The maximum absolute atomic E-state index is 5.50. The molecule has 0 atom stereocenters. The zero-order valence-corrected chi connectivity index (χ0v) is 15.5. The summed E-state index contributed by atoms with van der Waals surface area (Å²) in [6.07, 6.45) is 6.61. The summed E-state index contributed by atoms with van der Waals surface area (Å²) in [5.41, 5.74) is 1.76. The van der Waals surface area contributed by atoms with Crippen molar-refractivity contribution in [3.05, 3.63) is 54.6 Å². The number of aromatic nitrogens is 5. The molecule has 0 bridgehead atoms. The van der Waals surface area contributed by atoms with Gasteiger partial charge in [-0.1, -0.05) is 6.07 Å². The molecule has 2 aromatic heterocycles. The van der Waals surface area contributed by atoms with E-state index in [2.05, 4.69) is 36.8 Å². The molecule has 0 fully saturated rings. The Labute approximate surface area is 162 Å². The van der Waals surface area contributed by atoms with Gasteiger partial charge in [-0.15, -0.1) is 0 Å². The fourth-order valence-electron chi connectivity index (χ4n) is 2.72. The molecule has 0 amide bonds. The highest BCUT2D eigenvalue weighted by Crippen LogP contribution is 2.20. The molecule has 1 aromatic carbocycles. The monoisotopic (exact) mass is 379 g/mol. The number of hydrogen-bond donors (Lipinski definition) is 2. The van der Waals surface area contributed by atoms with Crippen molar-refractivity contribution < 1.29 is 9.47 Å². The highest BCUT2D eigenvalue weighted by atomic mass is 16.5. The maximum Gasteiger partial charge on any atom is 0.323 e. The summed E-state index contributed by atoms with van der Waals surface area (Å²) in [4.78, 5) is 13.1. The average molecular weight is 379 g/mol. The molecule has 28 heavy (non-hydrogen) atoms. The van der Waals surface area contributed by atoms with E-state index in [0.29, 0.717) is 25.0 Å². The van der Waals surface area contributed by atoms with E-state index < -0.39 is 0 Å². The fourth-order valence-corrected chi connectivity index (χ4v) is 2.72. The smallest absolute Gasteiger partial charge is 0.323 e. The zero-order chi connectivity index (χ0) is 19.2. The molecule has 1 aliphatic heterocycles. The van der Waals surface area contributed by atoms with E-state index in [1.807, 2.05) is 43.5 Å². The number of nitrogens with one attached hydrogen (secondary N) is 2. The van der Waals surface area contributed by atoms with E-state index in [1.54, 1.807) is 10.9 Å². The second kappa shape index (κ2) is 8.38. The van der Waals surface area contributed by atoms with Crippen LogP contribution in [0.2, 0.25) is 0 Å². The van der Waals surface area contributed by atoms with Crippen molar-refractivity contribution in [3.63, 3.8) is 0 Å². The van der Waals surface area contributed by atoms with Crippen LogP contribution in [0.25, 0.3) is 5.69 Å². The summed E-state index contributed by atoms with van der Waals surface area (Å²) < 4.78 is 12.8. The quantitative estimate of drug-likeness (QED) is 0.616. The minimum Gasteiger partial charge on any atom is -0.496 e. The second-order valence-electron chi connectivity index (χ2n) is 5.99. The van der Waals surface area contributed by atoms with Crippen LogP contribution in [-0.2, 0) is 4.74 Å². The number of rotatable bonds is 8. The maximum atomic E-state index is 5.50. The summed E-state index contributed by atoms with van der Waals surface area (Å²) in [5.74, 6) is 1.69. The predicted octanol–water partition coefficient (Wildman–Crippen LogP) is 2.92. The van der Waals surface area contributed by atoms with Crippen LogP contribution in [0.15, 0.2) is 54.6 Å². The molecule has 0 radical (unpaired) electrons. The molecule has 0 unspecified atom stereocenters. The minimum atomic E-state index is 0.257. The van der Waals surface area contributed by atoms with Gasteiger partial charge in [-0.2, -0.15) is 20.1 Å². The first-order chi connectivity index (χ1) is 13.8. The van der Waals surface area contributed by atoms with Crippen molar-refractivity contribution in [1.29, 1.82) is 0 Å². The third kappa shape index (κ3) is 4.37. The zero-order valence-electron chi connectivity index (χ0n) is 15.5. The summed E-state index contributed by atoms with van der Waals surface area (Å²) in [7, 11) is 0. The van der Waals surface area contributed by atoms with Crippen molar-refractivity contribution in [1.82, 2.24) is 24.7 Å². The van der Waals surface area contributed by atoms with E-state index in [4.69, 9.17) is 9.47 Å².